The molecule has 1 saturated heterocycles. The Morgan fingerprint density at radius 1 is 1.35 bits per heavy atom. The minimum Gasteiger partial charge on any atom is -0.326 e. The van der Waals surface area contributed by atoms with Gasteiger partial charge in [0.05, 0.1) is 12.2 Å². The van der Waals surface area contributed by atoms with Gasteiger partial charge in [-0.2, -0.15) is 0 Å². The normalized spacial score (nSPS) is 20.6. The highest BCUT2D eigenvalue weighted by molar-refractivity contribution is 9.10. The fraction of sp³-hybridized carbons (Fsp3) is 0.462. The number of anilines is 1. The first kappa shape index (κ1) is 15.5. The second-order valence-electron chi connectivity index (χ2n) is 4.96. The molecule has 0 unspecified atom stereocenters. The van der Waals surface area contributed by atoms with Crippen molar-refractivity contribution >= 4 is 37.5 Å². The zero-order valence-corrected chi connectivity index (χ0v) is 13.6. The van der Waals surface area contributed by atoms with Gasteiger partial charge in [-0.25, -0.2) is 12.7 Å². The van der Waals surface area contributed by atoms with E-state index in [4.69, 9.17) is 0 Å². The Morgan fingerprint density at radius 2 is 2.00 bits per heavy atom. The van der Waals surface area contributed by atoms with Crippen molar-refractivity contribution in [2.75, 3.05) is 24.7 Å². The molecule has 7 heteroatoms. The molecule has 1 heterocycles. The van der Waals surface area contributed by atoms with Gasteiger partial charge in [0.2, 0.25) is 15.9 Å². The lowest BCUT2D eigenvalue weighted by atomic mass is 9.99. The van der Waals surface area contributed by atoms with Crippen molar-refractivity contribution in [3.05, 3.63) is 28.7 Å². The average molecular weight is 361 g/mol. The number of carbonyl (C=O) groups is 1. The third-order valence-electron chi connectivity index (χ3n) is 3.34. The number of rotatable bonds is 3. The topological polar surface area (TPSA) is 66.5 Å². The van der Waals surface area contributed by atoms with E-state index in [-0.39, 0.29) is 18.4 Å². The summed E-state index contributed by atoms with van der Waals surface area (Å²) >= 11 is 3.33. The number of carbonyl (C=O) groups excluding carboxylic acids is 1. The van der Waals surface area contributed by atoms with E-state index in [1.807, 2.05) is 12.1 Å². The van der Waals surface area contributed by atoms with Crippen molar-refractivity contribution in [3.63, 3.8) is 0 Å². The van der Waals surface area contributed by atoms with Gasteiger partial charge in [0.15, 0.2) is 0 Å². The van der Waals surface area contributed by atoms with E-state index in [0.29, 0.717) is 19.4 Å². The van der Waals surface area contributed by atoms with E-state index in [1.54, 1.807) is 12.1 Å². The van der Waals surface area contributed by atoms with E-state index in [2.05, 4.69) is 21.2 Å². The Bertz CT molecular complexity index is 586. The minimum absolute atomic E-state index is 0.124. The Kier molecular flexibility index (Phi) is 4.82. The fourth-order valence-electron chi connectivity index (χ4n) is 2.24. The number of sulfonamides is 1. The standard InChI is InChI=1S/C13H17BrN2O3S/c1-20(18,19)16-8-2-3-10(9-16)13(17)15-12-6-4-11(14)5-7-12/h4-7,10H,2-3,8-9H2,1H3,(H,15,17)/t10-/m0/s1. The van der Waals surface area contributed by atoms with Crippen molar-refractivity contribution in [2.24, 2.45) is 5.92 Å². The molecule has 1 aromatic rings. The number of nitrogens with one attached hydrogen (secondary N) is 1. The van der Waals surface area contributed by atoms with Gasteiger partial charge in [-0.05, 0) is 37.1 Å². The molecule has 0 aromatic heterocycles. The first-order valence-corrected chi connectivity index (χ1v) is 9.02. The minimum atomic E-state index is -3.22. The maximum atomic E-state index is 12.2. The van der Waals surface area contributed by atoms with Crippen molar-refractivity contribution in [2.45, 2.75) is 12.8 Å². The van der Waals surface area contributed by atoms with Crippen molar-refractivity contribution in [3.8, 4) is 0 Å². The summed E-state index contributed by atoms with van der Waals surface area (Å²) in [5, 5.41) is 2.83. The SMILES string of the molecule is CS(=O)(=O)N1CCC[C@H](C(=O)Nc2ccc(Br)cc2)C1. The van der Waals surface area contributed by atoms with Crippen LogP contribution in [0.5, 0.6) is 0 Å². The van der Waals surface area contributed by atoms with Gasteiger partial charge in [-0.3, -0.25) is 4.79 Å². The highest BCUT2D eigenvalue weighted by Gasteiger charge is 2.30. The number of benzene rings is 1. The summed E-state index contributed by atoms with van der Waals surface area (Å²) in [5.74, 6) is -0.414. The molecule has 0 bridgehead atoms. The summed E-state index contributed by atoms with van der Waals surface area (Å²) in [5.41, 5.74) is 0.717. The number of halogens is 1. The maximum absolute atomic E-state index is 12.2. The molecular formula is C13H17BrN2O3S. The molecule has 1 atom stereocenters. The summed E-state index contributed by atoms with van der Waals surface area (Å²) < 4.78 is 25.4. The van der Waals surface area contributed by atoms with Gasteiger partial charge in [-0.1, -0.05) is 15.9 Å². The van der Waals surface area contributed by atoms with E-state index in [1.165, 1.54) is 10.6 Å². The first-order valence-electron chi connectivity index (χ1n) is 6.38. The second-order valence-corrected chi connectivity index (χ2v) is 7.85. The van der Waals surface area contributed by atoms with E-state index < -0.39 is 10.0 Å². The van der Waals surface area contributed by atoms with Gasteiger partial charge in [0.25, 0.3) is 0 Å². The van der Waals surface area contributed by atoms with Crippen LogP contribution in [0.2, 0.25) is 0 Å². The smallest absolute Gasteiger partial charge is 0.228 e. The number of nitrogens with zero attached hydrogens (tertiary/aromatic N) is 1. The number of hydrogen-bond acceptors (Lipinski definition) is 3. The summed E-state index contributed by atoms with van der Waals surface area (Å²) in [6.45, 7) is 0.766. The van der Waals surface area contributed by atoms with Crippen LogP contribution in [0.15, 0.2) is 28.7 Å². The molecule has 1 aliphatic rings. The van der Waals surface area contributed by atoms with Crippen molar-refractivity contribution in [1.29, 1.82) is 0 Å². The fourth-order valence-corrected chi connectivity index (χ4v) is 3.41. The van der Waals surface area contributed by atoms with Crippen LogP contribution in [-0.4, -0.2) is 38.0 Å². The molecule has 5 nitrogen and oxygen atoms in total. The maximum Gasteiger partial charge on any atom is 0.228 e. The third kappa shape index (κ3) is 4.04. The van der Waals surface area contributed by atoms with Crippen LogP contribution >= 0.6 is 15.9 Å². The third-order valence-corrected chi connectivity index (χ3v) is 5.13. The molecule has 1 amide bonds. The van der Waals surface area contributed by atoms with Crippen LogP contribution in [0, 0.1) is 5.92 Å². The predicted octanol–water partition coefficient (Wildman–Crippen LogP) is 2.06. The molecule has 20 heavy (non-hydrogen) atoms. The van der Waals surface area contributed by atoms with Gasteiger partial charge in [-0.15, -0.1) is 0 Å². The Labute approximate surface area is 127 Å². The van der Waals surface area contributed by atoms with Crippen molar-refractivity contribution in [1.82, 2.24) is 4.31 Å². The van der Waals surface area contributed by atoms with Crippen LogP contribution in [0.3, 0.4) is 0 Å². The number of hydrogen-bond donors (Lipinski definition) is 1. The van der Waals surface area contributed by atoms with Gasteiger partial charge >= 0.3 is 0 Å². The van der Waals surface area contributed by atoms with Crippen molar-refractivity contribution < 1.29 is 13.2 Å². The molecule has 1 N–H and O–H groups in total. The van der Waals surface area contributed by atoms with E-state index in [9.17, 15) is 13.2 Å². The molecule has 1 aromatic carbocycles. The summed E-state index contributed by atoms with van der Waals surface area (Å²) in [6, 6.07) is 7.30. The van der Waals surface area contributed by atoms with Gasteiger partial charge < -0.3 is 5.32 Å². The van der Waals surface area contributed by atoms with Gasteiger partial charge in [0, 0.05) is 23.2 Å². The average Bonchev–Trinajstić information content (AvgIpc) is 2.40. The molecular weight excluding hydrogens is 344 g/mol. The summed E-state index contributed by atoms with van der Waals surface area (Å²) in [7, 11) is -3.22. The first-order chi connectivity index (χ1) is 9.36. The highest BCUT2D eigenvalue weighted by atomic mass is 79.9. The Morgan fingerprint density at radius 3 is 2.60 bits per heavy atom. The molecule has 0 saturated carbocycles. The van der Waals surface area contributed by atoms with Crippen LogP contribution < -0.4 is 5.32 Å². The summed E-state index contributed by atoms with van der Waals surface area (Å²) in [6.07, 6.45) is 2.61. The predicted molar refractivity (Wildman–Crippen MR) is 81.9 cm³/mol. The molecule has 1 aliphatic heterocycles. The number of amides is 1. The summed E-state index contributed by atoms with van der Waals surface area (Å²) in [4.78, 5) is 12.2. The van der Waals surface area contributed by atoms with Crippen LogP contribution in [-0.2, 0) is 14.8 Å². The van der Waals surface area contributed by atoms with E-state index >= 15 is 0 Å². The molecule has 1 fully saturated rings. The zero-order valence-electron chi connectivity index (χ0n) is 11.2. The zero-order chi connectivity index (χ0) is 14.8. The lowest BCUT2D eigenvalue weighted by Crippen LogP contribution is -2.43. The molecule has 110 valence electrons. The monoisotopic (exact) mass is 360 g/mol. The Balaban J connectivity index is 2.00. The van der Waals surface area contributed by atoms with Crippen LogP contribution in [0.4, 0.5) is 5.69 Å². The molecule has 0 radical (unpaired) electrons. The molecule has 0 aliphatic carbocycles. The molecule has 0 spiro atoms. The van der Waals surface area contributed by atoms with E-state index in [0.717, 1.165) is 10.2 Å². The highest BCUT2D eigenvalue weighted by Crippen LogP contribution is 2.21. The lowest BCUT2D eigenvalue weighted by Gasteiger charge is -2.30. The quantitative estimate of drug-likeness (QED) is 0.896. The second kappa shape index (κ2) is 6.24. The number of piperidine rings is 1. The Hall–Kier alpha value is -0.920. The van der Waals surface area contributed by atoms with Crippen LogP contribution in [0.25, 0.3) is 0 Å². The van der Waals surface area contributed by atoms with Gasteiger partial charge in [0.1, 0.15) is 0 Å². The molecule has 2 rings (SSSR count). The largest absolute Gasteiger partial charge is 0.326 e. The lowest BCUT2D eigenvalue weighted by molar-refractivity contribution is -0.120. The van der Waals surface area contributed by atoms with Crippen LogP contribution in [0.1, 0.15) is 12.8 Å².